The van der Waals surface area contributed by atoms with Crippen molar-refractivity contribution in [1.29, 1.82) is 0 Å². The maximum atomic E-state index is 13.7. The summed E-state index contributed by atoms with van der Waals surface area (Å²) >= 11 is 0. The van der Waals surface area contributed by atoms with Gasteiger partial charge in [-0.15, -0.1) is 0 Å². The Bertz CT molecular complexity index is 572. The molecule has 0 aliphatic heterocycles. The van der Waals surface area contributed by atoms with Crippen LogP contribution in [0.3, 0.4) is 0 Å². The van der Waals surface area contributed by atoms with E-state index in [2.05, 4.69) is 0 Å². The van der Waals surface area contributed by atoms with E-state index in [4.69, 9.17) is 0 Å². The van der Waals surface area contributed by atoms with Gasteiger partial charge in [0.1, 0.15) is 11.6 Å². The van der Waals surface area contributed by atoms with Gasteiger partial charge in [0.2, 0.25) is 0 Å². The van der Waals surface area contributed by atoms with Crippen LogP contribution < -0.4 is 0 Å². The molecule has 0 N–H and O–H groups in total. The van der Waals surface area contributed by atoms with Crippen molar-refractivity contribution in [3.8, 4) is 0 Å². The van der Waals surface area contributed by atoms with Gasteiger partial charge in [0.15, 0.2) is 0 Å². The minimum Gasteiger partial charge on any atom is -0.207 e. The molecular formula is C17H18F2. The SMILES string of the molecule is Cc1ccc(C(C)(C)c2cc(F)c(C)c(F)c2)cc1. The number of halogens is 2. The van der Waals surface area contributed by atoms with E-state index in [0.717, 1.165) is 5.56 Å². The highest BCUT2D eigenvalue weighted by Crippen LogP contribution is 2.33. The standard InChI is InChI=1S/C17H18F2/c1-11-5-7-13(8-6-11)17(3,4)14-9-15(18)12(2)16(19)10-14/h5-10H,1-4H3. The first-order valence-electron chi connectivity index (χ1n) is 6.35. The fourth-order valence-corrected chi connectivity index (χ4v) is 2.14. The molecule has 100 valence electrons. The number of hydrogen-bond acceptors (Lipinski definition) is 0. The molecule has 0 nitrogen and oxygen atoms in total. The van der Waals surface area contributed by atoms with Gasteiger partial charge in [-0.2, -0.15) is 0 Å². The third-order valence-electron chi connectivity index (χ3n) is 3.78. The molecule has 19 heavy (non-hydrogen) atoms. The summed E-state index contributed by atoms with van der Waals surface area (Å²) in [5.74, 6) is -0.981. The number of rotatable bonds is 2. The molecule has 0 saturated heterocycles. The second-order valence-electron chi connectivity index (χ2n) is 5.56. The Kier molecular flexibility index (Phi) is 3.44. The van der Waals surface area contributed by atoms with E-state index in [9.17, 15) is 8.78 Å². The van der Waals surface area contributed by atoms with Gasteiger partial charge >= 0.3 is 0 Å². The van der Waals surface area contributed by atoms with Gasteiger partial charge < -0.3 is 0 Å². The lowest BCUT2D eigenvalue weighted by Crippen LogP contribution is -2.19. The van der Waals surface area contributed by atoms with Crippen molar-refractivity contribution in [2.45, 2.75) is 33.1 Å². The van der Waals surface area contributed by atoms with Crippen LogP contribution in [0.1, 0.15) is 36.1 Å². The molecule has 0 bridgehead atoms. The van der Waals surface area contributed by atoms with Crippen LogP contribution in [-0.2, 0) is 5.41 Å². The van der Waals surface area contributed by atoms with E-state index in [1.807, 2.05) is 45.0 Å². The van der Waals surface area contributed by atoms with Gasteiger partial charge in [-0.3, -0.25) is 0 Å². The second-order valence-corrected chi connectivity index (χ2v) is 5.56. The first kappa shape index (κ1) is 13.7. The number of hydrogen-bond donors (Lipinski definition) is 0. The zero-order chi connectivity index (χ0) is 14.2. The minimum atomic E-state index is -0.491. The van der Waals surface area contributed by atoms with Crippen molar-refractivity contribution in [2.24, 2.45) is 0 Å². The molecule has 0 aromatic heterocycles. The lowest BCUT2D eigenvalue weighted by atomic mass is 9.77. The van der Waals surface area contributed by atoms with Crippen LogP contribution in [0.25, 0.3) is 0 Å². The fourth-order valence-electron chi connectivity index (χ4n) is 2.14. The Hall–Kier alpha value is -1.70. The van der Waals surface area contributed by atoms with E-state index >= 15 is 0 Å². The topological polar surface area (TPSA) is 0 Å². The van der Waals surface area contributed by atoms with E-state index in [-0.39, 0.29) is 5.56 Å². The quantitative estimate of drug-likeness (QED) is 0.720. The molecule has 0 unspecified atom stereocenters. The monoisotopic (exact) mass is 260 g/mol. The molecular weight excluding hydrogens is 242 g/mol. The highest BCUT2D eigenvalue weighted by atomic mass is 19.1. The molecule has 0 aliphatic carbocycles. The summed E-state index contributed by atoms with van der Waals surface area (Å²) in [5.41, 5.74) is 2.50. The average molecular weight is 260 g/mol. The van der Waals surface area contributed by atoms with Gasteiger partial charge in [0.05, 0.1) is 0 Å². The molecule has 0 amide bonds. The van der Waals surface area contributed by atoms with Crippen LogP contribution >= 0.6 is 0 Å². The van der Waals surface area contributed by atoms with Crippen molar-refractivity contribution in [3.05, 3.63) is 70.3 Å². The van der Waals surface area contributed by atoms with Crippen molar-refractivity contribution >= 4 is 0 Å². The Morgan fingerprint density at radius 1 is 0.789 bits per heavy atom. The van der Waals surface area contributed by atoms with Gasteiger partial charge in [0.25, 0.3) is 0 Å². The summed E-state index contributed by atoms with van der Waals surface area (Å²) < 4.78 is 27.4. The van der Waals surface area contributed by atoms with E-state index in [0.29, 0.717) is 5.56 Å². The zero-order valence-electron chi connectivity index (χ0n) is 11.7. The van der Waals surface area contributed by atoms with Gasteiger partial charge in [-0.05, 0) is 37.1 Å². The molecule has 2 heteroatoms. The molecule has 0 fully saturated rings. The van der Waals surface area contributed by atoms with Crippen molar-refractivity contribution in [2.75, 3.05) is 0 Å². The van der Waals surface area contributed by atoms with E-state index in [1.54, 1.807) is 0 Å². The largest absolute Gasteiger partial charge is 0.207 e. The minimum absolute atomic E-state index is 0.0726. The third kappa shape index (κ3) is 2.53. The normalized spacial score (nSPS) is 11.7. The highest BCUT2D eigenvalue weighted by Gasteiger charge is 2.25. The molecule has 2 aromatic carbocycles. The van der Waals surface area contributed by atoms with E-state index < -0.39 is 17.0 Å². The third-order valence-corrected chi connectivity index (χ3v) is 3.78. The lowest BCUT2D eigenvalue weighted by molar-refractivity contribution is 0.548. The van der Waals surface area contributed by atoms with Crippen LogP contribution in [0.2, 0.25) is 0 Å². The van der Waals surface area contributed by atoms with Crippen LogP contribution in [-0.4, -0.2) is 0 Å². The predicted molar refractivity (Wildman–Crippen MR) is 74.4 cm³/mol. The zero-order valence-corrected chi connectivity index (χ0v) is 11.7. The van der Waals surface area contributed by atoms with Gasteiger partial charge in [0, 0.05) is 11.0 Å². The molecule has 2 rings (SSSR count). The molecule has 0 radical (unpaired) electrons. The van der Waals surface area contributed by atoms with E-state index in [1.165, 1.54) is 24.6 Å². The second kappa shape index (κ2) is 4.76. The Morgan fingerprint density at radius 3 is 1.74 bits per heavy atom. The van der Waals surface area contributed by atoms with Crippen LogP contribution in [0, 0.1) is 25.5 Å². The Balaban J connectivity index is 2.52. The number of benzene rings is 2. The summed E-state index contributed by atoms with van der Waals surface area (Å²) in [7, 11) is 0. The van der Waals surface area contributed by atoms with Gasteiger partial charge in [-0.25, -0.2) is 8.78 Å². The van der Waals surface area contributed by atoms with Crippen LogP contribution in [0.5, 0.6) is 0 Å². The van der Waals surface area contributed by atoms with Gasteiger partial charge in [-0.1, -0.05) is 43.7 Å². The number of aryl methyl sites for hydroxylation is 1. The molecule has 0 saturated carbocycles. The summed E-state index contributed by atoms with van der Waals surface area (Å²) in [5, 5.41) is 0. The summed E-state index contributed by atoms with van der Waals surface area (Å²) in [6.45, 7) is 7.41. The first-order chi connectivity index (χ1) is 8.82. The van der Waals surface area contributed by atoms with Crippen LogP contribution in [0.4, 0.5) is 8.78 Å². The molecule has 0 heterocycles. The molecule has 0 atom stereocenters. The van der Waals surface area contributed by atoms with Crippen LogP contribution in [0.15, 0.2) is 36.4 Å². The molecule has 2 aromatic rings. The smallest absolute Gasteiger partial charge is 0.129 e. The maximum absolute atomic E-state index is 13.7. The summed E-state index contributed by atoms with van der Waals surface area (Å²) in [6.07, 6.45) is 0. The Labute approximate surface area is 113 Å². The molecule has 0 spiro atoms. The maximum Gasteiger partial charge on any atom is 0.129 e. The Morgan fingerprint density at radius 2 is 1.26 bits per heavy atom. The van der Waals surface area contributed by atoms with Crippen molar-refractivity contribution in [1.82, 2.24) is 0 Å². The fraction of sp³-hybridized carbons (Fsp3) is 0.294. The van der Waals surface area contributed by atoms with Crippen molar-refractivity contribution in [3.63, 3.8) is 0 Å². The summed E-state index contributed by atoms with van der Waals surface area (Å²) in [6, 6.07) is 10.9. The average Bonchev–Trinajstić information content (AvgIpc) is 2.35. The molecule has 0 aliphatic rings. The first-order valence-corrected chi connectivity index (χ1v) is 6.35. The lowest BCUT2D eigenvalue weighted by Gasteiger charge is -2.26. The predicted octanol–water partition coefficient (Wildman–Crippen LogP) is 4.91. The highest BCUT2D eigenvalue weighted by molar-refractivity contribution is 5.40. The summed E-state index contributed by atoms with van der Waals surface area (Å²) in [4.78, 5) is 0. The van der Waals surface area contributed by atoms with Crippen molar-refractivity contribution < 1.29 is 8.78 Å².